The Bertz CT molecular complexity index is 1460. The Kier molecular flexibility index (Phi) is 68.1. The van der Waals surface area contributed by atoms with E-state index < -0.39 is 6.10 Å². The highest BCUT2D eigenvalue weighted by molar-refractivity contribution is 5.71. The Hall–Kier alpha value is -2.89. The van der Waals surface area contributed by atoms with Crippen molar-refractivity contribution in [3.05, 3.63) is 60.8 Å². The van der Waals surface area contributed by atoms with Gasteiger partial charge in [0.2, 0.25) is 0 Å². The highest BCUT2D eigenvalue weighted by Crippen LogP contribution is 2.18. The average Bonchev–Trinajstić information content (AvgIpc) is 3.47. The molecule has 0 aromatic carbocycles. The van der Waals surface area contributed by atoms with Crippen LogP contribution in [0.1, 0.15) is 387 Å². The molecule has 1 unspecified atom stereocenters. The zero-order valence-electron chi connectivity index (χ0n) is 55.0. The second kappa shape index (κ2) is 70.6. The monoisotopic (exact) mass is 1150 g/mol. The van der Waals surface area contributed by atoms with Crippen molar-refractivity contribution in [3.8, 4) is 0 Å². The number of carbonyl (C=O) groups excluding carboxylic acids is 3. The van der Waals surface area contributed by atoms with Crippen molar-refractivity contribution in [1.82, 2.24) is 0 Å². The molecule has 0 aromatic heterocycles. The number of rotatable bonds is 67. The zero-order valence-corrected chi connectivity index (χ0v) is 55.0. The van der Waals surface area contributed by atoms with Crippen molar-refractivity contribution in [2.45, 2.75) is 393 Å². The van der Waals surface area contributed by atoms with E-state index in [0.29, 0.717) is 19.3 Å². The Balaban J connectivity index is 4.20. The number of allylic oxidation sites excluding steroid dienone is 10. The third-order valence-electron chi connectivity index (χ3n) is 16.2. The molecule has 478 valence electrons. The molecule has 1 atom stereocenters. The fourth-order valence-corrected chi connectivity index (χ4v) is 10.8. The predicted molar refractivity (Wildman–Crippen MR) is 358 cm³/mol. The van der Waals surface area contributed by atoms with Gasteiger partial charge in [0, 0.05) is 19.3 Å². The highest BCUT2D eigenvalue weighted by atomic mass is 16.6. The smallest absolute Gasteiger partial charge is 0.306 e. The maximum atomic E-state index is 12.9. The molecular formula is C76H138O6. The molecule has 0 heterocycles. The molecule has 0 aliphatic heterocycles. The summed E-state index contributed by atoms with van der Waals surface area (Å²) in [5.74, 6) is -0.863. The highest BCUT2D eigenvalue weighted by Gasteiger charge is 2.19. The molecule has 6 heteroatoms. The Morgan fingerprint density at radius 1 is 0.244 bits per heavy atom. The van der Waals surface area contributed by atoms with Gasteiger partial charge in [0.25, 0.3) is 0 Å². The van der Waals surface area contributed by atoms with Gasteiger partial charge >= 0.3 is 17.9 Å². The van der Waals surface area contributed by atoms with Crippen molar-refractivity contribution in [1.29, 1.82) is 0 Å². The summed E-state index contributed by atoms with van der Waals surface area (Å²) in [4.78, 5) is 38.4. The molecule has 0 rings (SSSR count). The SMILES string of the molecule is CCCC/C=C\C/C=C\CCCCCCCC(=O)OCC(COC(=O)CCCCCCCCCCCCCCCCCC/C=C\C/C=C\C/C=C\CCCCCCC)OC(=O)CCCCCCCCCCCCCCCCCCCCC. The lowest BCUT2D eigenvalue weighted by atomic mass is 10.0. The van der Waals surface area contributed by atoms with Crippen LogP contribution in [0.3, 0.4) is 0 Å². The van der Waals surface area contributed by atoms with E-state index in [2.05, 4.69) is 81.5 Å². The summed E-state index contributed by atoms with van der Waals surface area (Å²) >= 11 is 0. The topological polar surface area (TPSA) is 78.9 Å². The van der Waals surface area contributed by atoms with Gasteiger partial charge in [0.15, 0.2) is 6.10 Å². The summed E-state index contributed by atoms with van der Waals surface area (Å²) in [5, 5.41) is 0. The minimum atomic E-state index is -0.779. The number of carbonyl (C=O) groups is 3. The lowest BCUT2D eigenvalue weighted by Crippen LogP contribution is -2.30. The first-order valence-electron chi connectivity index (χ1n) is 36.3. The standard InChI is InChI=1S/C76H138O6/c1-4-7-10-13-16-19-22-25-28-30-32-33-34-35-36-37-38-39-40-41-42-43-45-46-48-51-54-57-60-63-66-69-75(78)81-72-73(71-80-74(77)68-65-62-59-56-53-50-27-24-21-18-15-12-9-6-3)82-76(79)70-67-64-61-58-55-52-49-47-44-31-29-26-23-20-17-14-11-8-5-2/h15,18,22,24-25,27,30,32,34-35,73H,4-14,16-17,19-21,23,26,28-29,31,33,36-72H2,1-3H3/b18-15-,25-22-,27-24-,32-30-,35-34-. The lowest BCUT2D eigenvalue weighted by Gasteiger charge is -2.18. The number of esters is 3. The normalized spacial score (nSPS) is 12.4. The van der Waals surface area contributed by atoms with E-state index in [9.17, 15) is 14.4 Å². The number of hydrogen-bond donors (Lipinski definition) is 0. The van der Waals surface area contributed by atoms with Crippen LogP contribution < -0.4 is 0 Å². The first kappa shape index (κ1) is 79.1. The van der Waals surface area contributed by atoms with Crippen LogP contribution in [0.2, 0.25) is 0 Å². The molecule has 0 aromatic rings. The third-order valence-corrected chi connectivity index (χ3v) is 16.2. The van der Waals surface area contributed by atoms with Gasteiger partial charge in [0.1, 0.15) is 13.2 Å². The van der Waals surface area contributed by atoms with Gasteiger partial charge in [-0.1, -0.05) is 345 Å². The van der Waals surface area contributed by atoms with Gasteiger partial charge < -0.3 is 14.2 Å². The minimum absolute atomic E-state index is 0.0739. The molecule has 0 fully saturated rings. The molecule has 82 heavy (non-hydrogen) atoms. The van der Waals surface area contributed by atoms with Crippen molar-refractivity contribution >= 4 is 17.9 Å². The zero-order chi connectivity index (χ0) is 59.2. The van der Waals surface area contributed by atoms with Crippen LogP contribution in [0.4, 0.5) is 0 Å². The van der Waals surface area contributed by atoms with E-state index in [0.717, 1.165) is 89.9 Å². The van der Waals surface area contributed by atoms with Gasteiger partial charge in [-0.05, 0) is 83.5 Å². The van der Waals surface area contributed by atoms with Crippen molar-refractivity contribution in [2.24, 2.45) is 0 Å². The largest absolute Gasteiger partial charge is 0.462 e. The summed E-state index contributed by atoms with van der Waals surface area (Å²) in [6.45, 7) is 6.64. The Morgan fingerprint density at radius 3 is 0.720 bits per heavy atom. The van der Waals surface area contributed by atoms with Crippen LogP contribution in [0.15, 0.2) is 60.8 Å². The number of ether oxygens (including phenoxy) is 3. The number of unbranched alkanes of at least 4 members (excludes halogenated alkanes) is 46. The summed E-state index contributed by atoms with van der Waals surface area (Å²) in [5.41, 5.74) is 0. The first-order valence-corrected chi connectivity index (χ1v) is 36.3. The molecule has 0 bridgehead atoms. The second-order valence-corrected chi connectivity index (χ2v) is 24.5. The molecule has 0 amide bonds. The van der Waals surface area contributed by atoms with Gasteiger partial charge in [-0.15, -0.1) is 0 Å². The van der Waals surface area contributed by atoms with Crippen LogP contribution >= 0.6 is 0 Å². The van der Waals surface area contributed by atoms with E-state index in [4.69, 9.17) is 14.2 Å². The van der Waals surface area contributed by atoms with Crippen LogP contribution in [0, 0.1) is 0 Å². The van der Waals surface area contributed by atoms with Crippen LogP contribution in [0.5, 0.6) is 0 Å². The first-order chi connectivity index (χ1) is 40.5. The van der Waals surface area contributed by atoms with Gasteiger partial charge in [0.05, 0.1) is 0 Å². The van der Waals surface area contributed by atoms with Gasteiger partial charge in [-0.2, -0.15) is 0 Å². The van der Waals surface area contributed by atoms with E-state index in [1.165, 1.54) is 257 Å². The Morgan fingerprint density at radius 2 is 0.451 bits per heavy atom. The molecule has 0 N–H and O–H groups in total. The summed E-state index contributed by atoms with van der Waals surface area (Å²) in [6.07, 6.45) is 91.1. The molecule has 0 spiro atoms. The van der Waals surface area contributed by atoms with Gasteiger partial charge in [-0.25, -0.2) is 0 Å². The van der Waals surface area contributed by atoms with Crippen LogP contribution in [-0.4, -0.2) is 37.2 Å². The maximum Gasteiger partial charge on any atom is 0.306 e. The molecule has 0 saturated carbocycles. The van der Waals surface area contributed by atoms with E-state index in [1.54, 1.807) is 0 Å². The van der Waals surface area contributed by atoms with E-state index >= 15 is 0 Å². The molecule has 6 nitrogen and oxygen atoms in total. The van der Waals surface area contributed by atoms with E-state index in [-0.39, 0.29) is 31.1 Å². The fourth-order valence-electron chi connectivity index (χ4n) is 10.8. The second-order valence-electron chi connectivity index (χ2n) is 24.5. The van der Waals surface area contributed by atoms with E-state index in [1.807, 2.05) is 0 Å². The predicted octanol–water partition coefficient (Wildman–Crippen LogP) is 25.1. The van der Waals surface area contributed by atoms with Crippen molar-refractivity contribution in [2.75, 3.05) is 13.2 Å². The fraction of sp³-hybridized carbons (Fsp3) is 0.829. The van der Waals surface area contributed by atoms with Crippen molar-refractivity contribution < 1.29 is 28.6 Å². The average molecular weight is 1150 g/mol. The summed E-state index contributed by atoms with van der Waals surface area (Å²) in [6, 6.07) is 0. The minimum Gasteiger partial charge on any atom is -0.462 e. The molecular weight excluding hydrogens is 1010 g/mol. The summed E-state index contributed by atoms with van der Waals surface area (Å²) < 4.78 is 17.0. The third kappa shape index (κ3) is 67.9. The van der Waals surface area contributed by atoms with Crippen molar-refractivity contribution in [3.63, 3.8) is 0 Å². The lowest BCUT2D eigenvalue weighted by molar-refractivity contribution is -0.167. The molecule has 0 radical (unpaired) electrons. The molecule has 0 aliphatic carbocycles. The van der Waals surface area contributed by atoms with Crippen LogP contribution in [-0.2, 0) is 28.6 Å². The van der Waals surface area contributed by atoms with Crippen LogP contribution in [0.25, 0.3) is 0 Å². The Labute approximate surface area is 510 Å². The maximum absolute atomic E-state index is 12.9. The summed E-state index contributed by atoms with van der Waals surface area (Å²) in [7, 11) is 0. The molecule has 0 saturated heterocycles. The molecule has 0 aliphatic rings. The quantitative estimate of drug-likeness (QED) is 0.0261. The van der Waals surface area contributed by atoms with Gasteiger partial charge in [-0.3, -0.25) is 14.4 Å². The number of hydrogen-bond acceptors (Lipinski definition) is 6.